The molecule has 0 aliphatic heterocycles. The van der Waals surface area contributed by atoms with Crippen molar-refractivity contribution in [3.8, 4) is 5.75 Å². The topological polar surface area (TPSA) is 26.6 Å². The van der Waals surface area contributed by atoms with Crippen molar-refractivity contribution >= 4 is 19.2 Å². The predicted octanol–water partition coefficient (Wildman–Crippen LogP) is 8.13. The number of methoxy groups -OCH3 is 1. The summed E-state index contributed by atoms with van der Waals surface area (Å²) in [6.45, 7) is 15.1. The minimum absolute atomic E-state index is 0.200. The molecule has 0 spiro atoms. The SMILES string of the molecule is COc1ccc2c(ccn2C[C@H](CCO[Si](C)(C)C(C)(C)C)N(Cc2ccccc2)Cc2ccccc2)c1. The Hall–Kier alpha value is -2.86. The van der Waals surface area contributed by atoms with Crippen molar-refractivity contribution in [1.29, 1.82) is 0 Å². The minimum atomic E-state index is -1.83. The number of fused-ring (bicyclic) bond motifs is 1. The van der Waals surface area contributed by atoms with Gasteiger partial charge in [0.15, 0.2) is 8.32 Å². The molecule has 1 heterocycles. The molecule has 0 saturated heterocycles. The molecule has 3 aromatic carbocycles. The van der Waals surface area contributed by atoms with Gasteiger partial charge in [-0.2, -0.15) is 0 Å². The monoisotopic (exact) mass is 528 g/mol. The Kier molecular flexibility index (Phi) is 9.13. The number of benzene rings is 3. The van der Waals surface area contributed by atoms with Gasteiger partial charge < -0.3 is 13.7 Å². The highest BCUT2D eigenvalue weighted by Crippen LogP contribution is 2.36. The molecular weight excluding hydrogens is 484 g/mol. The number of aromatic nitrogens is 1. The van der Waals surface area contributed by atoms with Crippen LogP contribution in [0.2, 0.25) is 18.1 Å². The quantitative estimate of drug-likeness (QED) is 0.174. The van der Waals surface area contributed by atoms with Gasteiger partial charge >= 0.3 is 0 Å². The first-order valence-electron chi connectivity index (χ1n) is 13.7. The summed E-state index contributed by atoms with van der Waals surface area (Å²) in [6, 6.07) is 30.5. The van der Waals surface area contributed by atoms with E-state index in [4.69, 9.17) is 9.16 Å². The molecule has 4 nitrogen and oxygen atoms in total. The lowest BCUT2D eigenvalue weighted by molar-refractivity contribution is 0.130. The maximum absolute atomic E-state index is 6.70. The van der Waals surface area contributed by atoms with Crippen LogP contribution in [-0.4, -0.2) is 37.5 Å². The van der Waals surface area contributed by atoms with Crippen LogP contribution in [0, 0.1) is 0 Å². The van der Waals surface area contributed by atoms with Crippen molar-refractivity contribution < 1.29 is 9.16 Å². The Balaban J connectivity index is 1.64. The molecule has 0 amide bonds. The molecule has 0 N–H and O–H groups in total. The van der Waals surface area contributed by atoms with Gasteiger partial charge in [0.2, 0.25) is 0 Å². The molecule has 4 rings (SSSR count). The average molecular weight is 529 g/mol. The number of ether oxygens (including phenoxy) is 1. The van der Waals surface area contributed by atoms with E-state index in [1.54, 1.807) is 7.11 Å². The lowest BCUT2D eigenvalue weighted by Gasteiger charge is -2.38. The van der Waals surface area contributed by atoms with Crippen LogP contribution in [0.1, 0.15) is 38.3 Å². The van der Waals surface area contributed by atoms with E-state index >= 15 is 0 Å². The third-order valence-corrected chi connectivity index (χ3v) is 12.6. The molecule has 5 heteroatoms. The van der Waals surface area contributed by atoms with Crippen molar-refractivity contribution in [2.24, 2.45) is 0 Å². The lowest BCUT2D eigenvalue weighted by Crippen LogP contribution is -2.43. The van der Waals surface area contributed by atoms with Gasteiger partial charge in [0.05, 0.1) is 7.11 Å². The van der Waals surface area contributed by atoms with Gasteiger partial charge in [-0.15, -0.1) is 0 Å². The van der Waals surface area contributed by atoms with Gasteiger partial charge in [-0.25, -0.2) is 0 Å². The molecule has 202 valence electrons. The molecule has 38 heavy (non-hydrogen) atoms. The lowest BCUT2D eigenvalue weighted by atomic mass is 10.1. The van der Waals surface area contributed by atoms with Crippen LogP contribution in [0.5, 0.6) is 5.75 Å². The second-order valence-electron chi connectivity index (χ2n) is 11.8. The van der Waals surface area contributed by atoms with Crippen molar-refractivity contribution in [2.45, 2.75) is 71.0 Å². The summed E-state index contributed by atoms with van der Waals surface area (Å²) < 4.78 is 14.6. The number of hydrogen-bond acceptors (Lipinski definition) is 3. The Morgan fingerprint density at radius 2 is 1.45 bits per heavy atom. The standard InChI is InChI=1S/C33H44N2O2Si/c1-33(2,3)38(5,6)37-22-20-30(26-34-21-19-29-23-31(36-4)17-18-32(29)34)35(24-27-13-9-7-10-14-27)25-28-15-11-8-12-16-28/h7-19,21,23,30H,20,22,24-26H2,1-6H3/t30-/m0/s1. The zero-order valence-corrected chi connectivity index (χ0v) is 25.0. The van der Waals surface area contributed by atoms with Gasteiger partial charge in [-0.3, -0.25) is 4.90 Å². The molecule has 0 fully saturated rings. The van der Waals surface area contributed by atoms with Crippen molar-refractivity contribution in [3.63, 3.8) is 0 Å². The number of hydrogen-bond donors (Lipinski definition) is 0. The molecule has 0 radical (unpaired) electrons. The fraction of sp³-hybridized carbons (Fsp3) is 0.394. The third kappa shape index (κ3) is 7.16. The summed E-state index contributed by atoms with van der Waals surface area (Å²) in [6.07, 6.45) is 3.19. The van der Waals surface area contributed by atoms with E-state index in [-0.39, 0.29) is 5.04 Å². The second-order valence-corrected chi connectivity index (χ2v) is 16.6. The molecule has 0 aliphatic rings. The highest BCUT2D eigenvalue weighted by Gasteiger charge is 2.37. The molecule has 0 aliphatic carbocycles. The van der Waals surface area contributed by atoms with Gasteiger partial charge in [0, 0.05) is 49.4 Å². The van der Waals surface area contributed by atoms with E-state index in [1.807, 2.05) is 0 Å². The van der Waals surface area contributed by atoms with Gasteiger partial charge in [0.1, 0.15) is 5.75 Å². The molecule has 1 aromatic heterocycles. The molecular formula is C33H44N2O2Si. The Labute approximate surface area is 230 Å². The summed E-state index contributed by atoms with van der Waals surface area (Å²) in [5.41, 5.74) is 3.90. The zero-order chi connectivity index (χ0) is 27.2. The van der Waals surface area contributed by atoms with Crippen LogP contribution in [0.15, 0.2) is 91.1 Å². The second kappa shape index (κ2) is 12.3. The highest BCUT2D eigenvalue weighted by atomic mass is 28.4. The van der Waals surface area contributed by atoms with Crippen molar-refractivity contribution in [2.75, 3.05) is 13.7 Å². The number of rotatable bonds is 12. The Morgan fingerprint density at radius 1 is 0.842 bits per heavy atom. The van der Waals surface area contributed by atoms with Crippen LogP contribution in [0.25, 0.3) is 10.9 Å². The summed E-state index contributed by atoms with van der Waals surface area (Å²) in [5, 5.41) is 1.41. The maximum atomic E-state index is 6.70. The van der Waals surface area contributed by atoms with Crippen molar-refractivity contribution in [1.82, 2.24) is 9.47 Å². The first-order chi connectivity index (χ1) is 18.2. The highest BCUT2D eigenvalue weighted by molar-refractivity contribution is 6.74. The van der Waals surface area contributed by atoms with E-state index in [0.29, 0.717) is 6.04 Å². The van der Waals surface area contributed by atoms with Crippen molar-refractivity contribution in [3.05, 3.63) is 102 Å². The predicted molar refractivity (Wildman–Crippen MR) is 162 cm³/mol. The van der Waals surface area contributed by atoms with E-state index in [0.717, 1.165) is 38.4 Å². The smallest absolute Gasteiger partial charge is 0.191 e. The summed E-state index contributed by atoms with van der Waals surface area (Å²) >= 11 is 0. The maximum Gasteiger partial charge on any atom is 0.191 e. The third-order valence-electron chi connectivity index (χ3n) is 8.08. The van der Waals surface area contributed by atoms with E-state index in [2.05, 4.69) is 134 Å². The summed E-state index contributed by atoms with van der Waals surface area (Å²) in [4.78, 5) is 2.63. The molecule has 0 bridgehead atoms. The van der Waals surface area contributed by atoms with Crippen LogP contribution in [0.4, 0.5) is 0 Å². The van der Waals surface area contributed by atoms with Crippen LogP contribution < -0.4 is 4.74 Å². The van der Waals surface area contributed by atoms with Crippen LogP contribution >= 0.6 is 0 Å². The average Bonchev–Trinajstić information content (AvgIpc) is 3.30. The normalized spacial score (nSPS) is 13.2. The Bertz CT molecular complexity index is 1240. The van der Waals surface area contributed by atoms with Crippen LogP contribution in [-0.2, 0) is 24.1 Å². The van der Waals surface area contributed by atoms with E-state index < -0.39 is 8.32 Å². The summed E-state index contributed by atoms with van der Waals surface area (Å²) in [5.74, 6) is 0.893. The molecule has 0 saturated carbocycles. The van der Waals surface area contributed by atoms with E-state index in [1.165, 1.54) is 22.0 Å². The van der Waals surface area contributed by atoms with Gasteiger partial charge in [-0.1, -0.05) is 81.4 Å². The Morgan fingerprint density at radius 3 is 2.00 bits per heavy atom. The minimum Gasteiger partial charge on any atom is -0.497 e. The zero-order valence-electron chi connectivity index (χ0n) is 24.0. The first-order valence-corrected chi connectivity index (χ1v) is 16.7. The fourth-order valence-electron chi connectivity index (χ4n) is 4.70. The summed E-state index contributed by atoms with van der Waals surface area (Å²) in [7, 11) is -0.103. The molecule has 1 atom stereocenters. The first kappa shape index (κ1) is 28.2. The van der Waals surface area contributed by atoms with Crippen LogP contribution in [0.3, 0.4) is 0 Å². The van der Waals surface area contributed by atoms with Gasteiger partial charge in [0.25, 0.3) is 0 Å². The fourth-order valence-corrected chi connectivity index (χ4v) is 5.76. The molecule has 4 aromatic rings. The van der Waals surface area contributed by atoms with Gasteiger partial charge in [-0.05, 0) is 59.9 Å². The van der Waals surface area contributed by atoms with E-state index in [9.17, 15) is 0 Å². The number of nitrogens with zero attached hydrogens (tertiary/aromatic N) is 2. The molecule has 0 unspecified atom stereocenters. The largest absolute Gasteiger partial charge is 0.497 e.